The third kappa shape index (κ3) is 4.34. The molecule has 4 aromatic rings. The van der Waals surface area contributed by atoms with Crippen LogP contribution in [0.4, 0.5) is 0 Å². The van der Waals surface area contributed by atoms with Crippen LogP contribution in [0.1, 0.15) is 15.9 Å². The Hall–Kier alpha value is -4.06. The van der Waals surface area contributed by atoms with Gasteiger partial charge in [-0.05, 0) is 42.0 Å². The number of fused-ring (bicyclic) bond motifs is 1. The quantitative estimate of drug-likeness (QED) is 0.455. The number of nitrogens with one attached hydrogen (secondary N) is 1. The first-order valence-electron chi connectivity index (χ1n) is 10.2. The van der Waals surface area contributed by atoms with Crippen LogP contribution in [-0.2, 0) is 6.54 Å². The summed E-state index contributed by atoms with van der Waals surface area (Å²) < 4.78 is 16.0. The fourth-order valence-corrected chi connectivity index (χ4v) is 3.56. The highest BCUT2D eigenvalue weighted by atomic mass is 16.5. The van der Waals surface area contributed by atoms with E-state index in [-0.39, 0.29) is 5.91 Å². The molecule has 1 heterocycles. The van der Waals surface area contributed by atoms with E-state index >= 15 is 0 Å². The second kappa shape index (κ2) is 9.39. The first-order chi connectivity index (χ1) is 15.6. The standard InChI is InChI=1S/C26H24N2O4/c1-30-19-8-6-7-18(14-19)23-15-21(20-9-4-5-10-22(20)28-23)26(29)27-16-17-11-12-24(31-2)25(13-17)32-3/h4-15H,16H2,1-3H3,(H,27,29). The van der Waals surface area contributed by atoms with Crippen LogP contribution in [0.5, 0.6) is 17.2 Å². The molecule has 3 aromatic carbocycles. The van der Waals surface area contributed by atoms with Crippen LogP contribution in [-0.4, -0.2) is 32.2 Å². The predicted octanol–water partition coefficient (Wildman–Crippen LogP) is 4.86. The van der Waals surface area contributed by atoms with Gasteiger partial charge in [-0.15, -0.1) is 0 Å². The van der Waals surface area contributed by atoms with Crippen LogP contribution in [0.15, 0.2) is 72.8 Å². The van der Waals surface area contributed by atoms with Gasteiger partial charge in [0.1, 0.15) is 5.75 Å². The number of hydrogen-bond donors (Lipinski definition) is 1. The van der Waals surface area contributed by atoms with E-state index in [1.807, 2.05) is 72.8 Å². The highest BCUT2D eigenvalue weighted by molar-refractivity contribution is 6.07. The minimum Gasteiger partial charge on any atom is -0.497 e. The number of ether oxygens (including phenoxy) is 3. The molecule has 0 radical (unpaired) electrons. The van der Waals surface area contributed by atoms with Crippen molar-refractivity contribution in [2.24, 2.45) is 0 Å². The average molecular weight is 428 g/mol. The maximum atomic E-state index is 13.2. The zero-order valence-electron chi connectivity index (χ0n) is 18.2. The zero-order valence-corrected chi connectivity index (χ0v) is 18.2. The monoisotopic (exact) mass is 428 g/mol. The lowest BCUT2D eigenvalue weighted by Crippen LogP contribution is -2.23. The third-order valence-electron chi connectivity index (χ3n) is 5.23. The second-order valence-corrected chi connectivity index (χ2v) is 7.18. The molecule has 0 aliphatic rings. The van der Waals surface area contributed by atoms with E-state index in [0.29, 0.717) is 29.3 Å². The van der Waals surface area contributed by atoms with E-state index in [2.05, 4.69) is 5.32 Å². The topological polar surface area (TPSA) is 69.7 Å². The maximum Gasteiger partial charge on any atom is 0.252 e. The van der Waals surface area contributed by atoms with Crippen LogP contribution in [0.2, 0.25) is 0 Å². The molecule has 0 fully saturated rings. The Morgan fingerprint density at radius 3 is 2.44 bits per heavy atom. The summed E-state index contributed by atoms with van der Waals surface area (Å²) in [6.07, 6.45) is 0. The molecule has 6 nitrogen and oxygen atoms in total. The van der Waals surface area contributed by atoms with E-state index in [1.165, 1.54) is 0 Å². The largest absolute Gasteiger partial charge is 0.497 e. The van der Waals surface area contributed by atoms with Gasteiger partial charge >= 0.3 is 0 Å². The predicted molar refractivity (Wildman–Crippen MR) is 124 cm³/mol. The van der Waals surface area contributed by atoms with Crippen molar-refractivity contribution >= 4 is 16.8 Å². The lowest BCUT2D eigenvalue weighted by Gasteiger charge is -2.12. The Labute approximate surface area is 186 Å². The highest BCUT2D eigenvalue weighted by Crippen LogP contribution is 2.29. The van der Waals surface area contributed by atoms with Crippen LogP contribution in [0.3, 0.4) is 0 Å². The molecule has 6 heteroatoms. The second-order valence-electron chi connectivity index (χ2n) is 7.18. The molecule has 0 atom stereocenters. The summed E-state index contributed by atoms with van der Waals surface area (Å²) in [5.74, 6) is 1.82. The Morgan fingerprint density at radius 1 is 0.844 bits per heavy atom. The molecule has 0 spiro atoms. The number of aromatic nitrogens is 1. The molecule has 0 saturated heterocycles. The molecule has 4 rings (SSSR count). The fourth-order valence-electron chi connectivity index (χ4n) is 3.56. The molecule has 0 aliphatic heterocycles. The molecule has 1 N–H and O–H groups in total. The normalized spacial score (nSPS) is 10.6. The molecule has 0 saturated carbocycles. The lowest BCUT2D eigenvalue weighted by molar-refractivity contribution is 0.0952. The zero-order chi connectivity index (χ0) is 22.5. The Kier molecular flexibility index (Phi) is 6.22. The van der Waals surface area contributed by atoms with E-state index in [9.17, 15) is 4.79 Å². The first-order valence-corrected chi connectivity index (χ1v) is 10.2. The third-order valence-corrected chi connectivity index (χ3v) is 5.23. The number of nitrogens with zero attached hydrogens (tertiary/aromatic N) is 1. The van der Waals surface area contributed by atoms with Crippen molar-refractivity contribution in [2.75, 3.05) is 21.3 Å². The van der Waals surface area contributed by atoms with Gasteiger partial charge in [-0.3, -0.25) is 4.79 Å². The highest BCUT2D eigenvalue weighted by Gasteiger charge is 2.15. The van der Waals surface area contributed by atoms with E-state index in [4.69, 9.17) is 19.2 Å². The smallest absolute Gasteiger partial charge is 0.252 e. The Balaban J connectivity index is 1.66. The molecule has 1 amide bonds. The summed E-state index contributed by atoms with van der Waals surface area (Å²) >= 11 is 0. The minimum absolute atomic E-state index is 0.178. The van der Waals surface area contributed by atoms with Gasteiger partial charge in [-0.1, -0.05) is 36.4 Å². The van der Waals surface area contributed by atoms with Gasteiger partial charge in [0.25, 0.3) is 5.91 Å². The van der Waals surface area contributed by atoms with Gasteiger partial charge in [-0.25, -0.2) is 4.98 Å². The number of benzene rings is 3. The number of hydrogen-bond acceptors (Lipinski definition) is 5. The van der Waals surface area contributed by atoms with Crippen molar-refractivity contribution in [3.05, 3.63) is 83.9 Å². The summed E-state index contributed by atoms with van der Waals surface area (Å²) in [6.45, 7) is 0.352. The number of para-hydroxylation sites is 1. The summed E-state index contributed by atoms with van der Waals surface area (Å²) in [7, 11) is 4.80. The van der Waals surface area contributed by atoms with E-state index < -0.39 is 0 Å². The number of pyridine rings is 1. The maximum absolute atomic E-state index is 13.2. The molecule has 162 valence electrons. The summed E-state index contributed by atoms with van der Waals surface area (Å²) in [5, 5.41) is 3.80. The molecule has 1 aromatic heterocycles. The van der Waals surface area contributed by atoms with Gasteiger partial charge in [-0.2, -0.15) is 0 Å². The van der Waals surface area contributed by atoms with Crippen molar-refractivity contribution in [3.8, 4) is 28.5 Å². The van der Waals surface area contributed by atoms with Crippen LogP contribution < -0.4 is 19.5 Å². The average Bonchev–Trinajstić information content (AvgIpc) is 2.86. The molecule has 32 heavy (non-hydrogen) atoms. The number of carbonyl (C=O) groups excluding carboxylic acids is 1. The summed E-state index contributed by atoms with van der Waals surface area (Å²) in [6, 6.07) is 22.7. The molecular formula is C26H24N2O4. The summed E-state index contributed by atoms with van der Waals surface area (Å²) in [5.41, 5.74) is 3.81. The lowest BCUT2D eigenvalue weighted by atomic mass is 10.0. The molecule has 0 unspecified atom stereocenters. The van der Waals surface area contributed by atoms with Gasteiger partial charge in [0.2, 0.25) is 0 Å². The number of carbonyl (C=O) groups is 1. The molecule has 0 aliphatic carbocycles. The van der Waals surface area contributed by atoms with Crippen molar-refractivity contribution in [2.45, 2.75) is 6.54 Å². The van der Waals surface area contributed by atoms with Gasteiger partial charge in [0.15, 0.2) is 11.5 Å². The van der Waals surface area contributed by atoms with Crippen LogP contribution in [0, 0.1) is 0 Å². The van der Waals surface area contributed by atoms with Gasteiger partial charge in [0.05, 0.1) is 38.1 Å². The number of rotatable bonds is 7. The van der Waals surface area contributed by atoms with Crippen LogP contribution >= 0.6 is 0 Å². The first kappa shape index (κ1) is 21.2. The molecular weight excluding hydrogens is 404 g/mol. The molecule has 0 bridgehead atoms. The van der Waals surface area contributed by atoms with Crippen molar-refractivity contribution in [3.63, 3.8) is 0 Å². The fraction of sp³-hybridized carbons (Fsp3) is 0.154. The Bertz CT molecular complexity index is 1270. The van der Waals surface area contributed by atoms with Crippen molar-refractivity contribution in [1.82, 2.24) is 10.3 Å². The van der Waals surface area contributed by atoms with Crippen LogP contribution in [0.25, 0.3) is 22.2 Å². The van der Waals surface area contributed by atoms with E-state index in [1.54, 1.807) is 21.3 Å². The minimum atomic E-state index is -0.178. The van der Waals surface area contributed by atoms with Gasteiger partial charge in [0, 0.05) is 17.5 Å². The van der Waals surface area contributed by atoms with Crippen molar-refractivity contribution < 1.29 is 19.0 Å². The number of methoxy groups -OCH3 is 3. The number of amides is 1. The SMILES string of the molecule is COc1cccc(-c2cc(C(=O)NCc3ccc(OC)c(OC)c3)c3ccccc3n2)c1. The van der Waals surface area contributed by atoms with Gasteiger partial charge < -0.3 is 19.5 Å². The van der Waals surface area contributed by atoms with E-state index in [0.717, 1.165) is 27.8 Å². The summed E-state index contributed by atoms with van der Waals surface area (Å²) in [4.78, 5) is 18.0. The Morgan fingerprint density at radius 2 is 1.66 bits per heavy atom. The van der Waals surface area contributed by atoms with Crippen molar-refractivity contribution in [1.29, 1.82) is 0 Å².